The number of para-hydroxylation sites is 1. The van der Waals surface area contributed by atoms with E-state index in [1.807, 2.05) is 31.2 Å². The standard InChI is InChI=1S/C13H18N2OS/c1-3-10-6-4-5-7-11(10)15-13(16)9(2)8-12(14)17/h4-7,9H,3,8H2,1-2H3,(H2,14,17)(H,15,16). The lowest BCUT2D eigenvalue weighted by molar-refractivity contribution is -0.119. The van der Waals surface area contributed by atoms with Crippen molar-refractivity contribution in [2.45, 2.75) is 26.7 Å². The van der Waals surface area contributed by atoms with Crippen LogP contribution in [0.2, 0.25) is 0 Å². The third-order valence-corrected chi connectivity index (χ3v) is 2.78. The molecule has 3 nitrogen and oxygen atoms in total. The predicted octanol–water partition coefficient (Wildman–Crippen LogP) is 2.50. The van der Waals surface area contributed by atoms with Gasteiger partial charge in [0.25, 0.3) is 0 Å². The van der Waals surface area contributed by atoms with Gasteiger partial charge in [-0.25, -0.2) is 0 Å². The second kappa shape index (κ2) is 6.35. The molecule has 1 rings (SSSR count). The van der Waals surface area contributed by atoms with Gasteiger partial charge in [-0.2, -0.15) is 0 Å². The Bertz CT molecular complexity index is 418. The Hall–Kier alpha value is -1.42. The highest BCUT2D eigenvalue weighted by atomic mass is 32.1. The number of anilines is 1. The van der Waals surface area contributed by atoms with Crippen molar-refractivity contribution in [1.29, 1.82) is 0 Å². The number of hydrogen-bond donors (Lipinski definition) is 2. The van der Waals surface area contributed by atoms with Crippen molar-refractivity contribution in [3.63, 3.8) is 0 Å². The lowest BCUT2D eigenvalue weighted by atomic mass is 10.1. The summed E-state index contributed by atoms with van der Waals surface area (Å²) >= 11 is 4.80. The van der Waals surface area contributed by atoms with E-state index < -0.39 is 0 Å². The van der Waals surface area contributed by atoms with Gasteiger partial charge >= 0.3 is 0 Å². The third kappa shape index (κ3) is 4.15. The maximum atomic E-state index is 11.9. The first-order valence-electron chi connectivity index (χ1n) is 5.71. The number of nitrogens with two attached hydrogens (primary N) is 1. The van der Waals surface area contributed by atoms with Gasteiger partial charge in [-0.15, -0.1) is 0 Å². The van der Waals surface area contributed by atoms with Crippen LogP contribution in [-0.2, 0) is 11.2 Å². The Morgan fingerprint density at radius 1 is 1.47 bits per heavy atom. The summed E-state index contributed by atoms with van der Waals surface area (Å²) < 4.78 is 0. The van der Waals surface area contributed by atoms with Crippen molar-refractivity contribution in [1.82, 2.24) is 0 Å². The monoisotopic (exact) mass is 250 g/mol. The molecule has 0 spiro atoms. The van der Waals surface area contributed by atoms with Crippen molar-refractivity contribution >= 4 is 28.8 Å². The molecule has 0 heterocycles. The van der Waals surface area contributed by atoms with Crippen LogP contribution in [0.1, 0.15) is 25.8 Å². The Morgan fingerprint density at radius 3 is 2.71 bits per heavy atom. The van der Waals surface area contributed by atoms with Gasteiger partial charge < -0.3 is 11.1 Å². The molecule has 4 heteroatoms. The van der Waals surface area contributed by atoms with Crippen molar-refractivity contribution in [2.24, 2.45) is 11.7 Å². The van der Waals surface area contributed by atoms with E-state index in [-0.39, 0.29) is 11.8 Å². The molecule has 0 radical (unpaired) electrons. The van der Waals surface area contributed by atoms with E-state index in [4.69, 9.17) is 18.0 Å². The average molecular weight is 250 g/mol. The topological polar surface area (TPSA) is 55.1 Å². The number of benzene rings is 1. The SMILES string of the molecule is CCc1ccccc1NC(=O)C(C)CC(N)=S. The Balaban J connectivity index is 2.70. The molecule has 0 saturated heterocycles. The van der Waals surface area contributed by atoms with Crippen LogP contribution in [0.4, 0.5) is 5.69 Å². The Morgan fingerprint density at radius 2 is 2.12 bits per heavy atom. The van der Waals surface area contributed by atoms with Crippen molar-refractivity contribution in [3.05, 3.63) is 29.8 Å². The normalized spacial score (nSPS) is 11.9. The first kappa shape index (κ1) is 13.6. The summed E-state index contributed by atoms with van der Waals surface area (Å²) in [7, 11) is 0. The van der Waals surface area contributed by atoms with Crippen LogP contribution < -0.4 is 11.1 Å². The Labute approximate surface area is 107 Å². The molecule has 1 unspecified atom stereocenters. The van der Waals surface area contributed by atoms with Crippen LogP contribution in [0.15, 0.2) is 24.3 Å². The van der Waals surface area contributed by atoms with Crippen molar-refractivity contribution in [3.8, 4) is 0 Å². The quantitative estimate of drug-likeness (QED) is 0.789. The fourth-order valence-corrected chi connectivity index (χ4v) is 1.85. The van der Waals surface area contributed by atoms with E-state index in [0.29, 0.717) is 11.4 Å². The number of amides is 1. The minimum atomic E-state index is -0.197. The fourth-order valence-electron chi connectivity index (χ4n) is 1.60. The van der Waals surface area contributed by atoms with E-state index in [9.17, 15) is 4.79 Å². The number of thiocarbonyl (C=S) groups is 1. The summed E-state index contributed by atoms with van der Waals surface area (Å²) in [6, 6.07) is 7.79. The van der Waals surface area contributed by atoms with E-state index in [1.54, 1.807) is 0 Å². The van der Waals surface area contributed by atoms with Crippen molar-refractivity contribution < 1.29 is 4.79 Å². The van der Waals surface area contributed by atoms with Gasteiger partial charge in [0.15, 0.2) is 0 Å². The zero-order chi connectivity index (χ0) is 12.8. The number of aryl methyl sites for hydroxylation is 1. The molecule has 1 atom stereocenters. The molecule has 1 amide bonds. The zero-order valence-corrected chi connectivity index (χ0v) is 11.0. The second-order valence-corrected chi connectivity index (χ2v) is 4.60. The first-order valence-corrected chi connectivity index (χ1v) is 6.12. The molecule has 0 aromatic heterocycles. The Kier molecular flexibility index (Phi) is 5.10. The zero-order valence-electron chi connectivity index (χ0n) is 10.2. The number of carbonyl (C=O) groups is 1. The minimum absolute atomic E-state index is 0.0429. The van der Waals surface area contributed by atoms with Crippen LogP contribution in [0, 0.1) is 5.92 Å². The molecule has 0 aliphatic carbocycles. The van der Waals surface area contributed by atoms with Gasteiger partial charge in [-0.1, -0.05) is 44.3 Å². The molecular weight excluding hydrogens is 232 g/mol. The third-order valence-electron chi connectivity index (χ3n) is 2.61. The van der Waals surface area contributed by atoms with Gasteiger partial charge in [0.05, 0.1) is 4.99 Å². The smallest absolute Gasteiger partial charge is 0.227 e. The molecule has 17 heavy (non-hydrogen) atoms. The second-order valence-electron chi connectivity index (χ2n) is 4.07. The molecule has 3 N–H and O–H groups in total. The highest BCUT2D eigenvalue weighted by Gasteiger charge is 2.14. The van der Waals surface area contributed by atoms with E-state index in [0.717, 1.165) is 17.7 Å². The molecule has 1 aromatic carbocycles. The average Bonchev–Trinajstić information content (AvgIpc) is 2.28. The van der Waals surface area contributed by atoms with Gasteiger partial charge in [0, 0.05) is 18.0 Å². The van der Waals surface area contributed by atoms with Gasteiger partial charge in [0.2, 0.25) is 5.91 Å². The summed E-state index contributed by atoms with van der Waals surface area (Å²) in [5.41, 5.74) is 7.43. The summed E-state index contributed by atoms with van der Waals surface area (Å²) in [5.74, 6) is -0.240. The number of hydrogen-bond acceptors (Lipinski definition) is 2. The van der Waals surface area contributed by atoms with Gasteiger partial charge in [-0.05, 0) is 18.1 Å². The molecule has 0 fully saturated rings. The number of carbonyl (C=O) groups excluding carboxylic acids is 1. The van der Waals surface area contributed by atoms with E-state index in [2.05, 4.69) is 12.2 Å². The highest BCUT2D eigenvalue weighted by Crippen LogP contribution is 2.17. The van der Waals surface area contributed by atoms with E-state index in [1.165, 1.54) is 0 Å². The predicted molar refractivity (Wildman–Crippen MR) is 75.0 cm³/mol. The lowest BCUT2D eigenvalue weighted by Crippen LogP contribution is -2.25. The number of rotatable bonds is 5. The summed E-state index contributed by atoms with van der Waals surface area (Å²) in [4.78, 5) is 12.3. The van der Waals surface area contributed by atoms with Crippen LogP contribution in [0.5, 0.6) is 0 Å². The number of nitrogens with one attached hydrogen (secondary N) is 1. The molecule has 92 valence electrons. The van der Waals surface area contributed by atoms with Crippen LogP contribution >= 0.6 is 12.2 Å². The highest BCUT2D eigenvalue weighted by molar-refractivity contribution is 7.80. The van der Waals surface area contributed by atoms with Crippen LogP contribution in [0.3, 0.4) is 0 Å². The molecule has 1 aromatic rings. The summed E-state index contributed by atoms with van der Waals surface area (Å²) in [5, 5.41) is 2.91. The first-order chi connectivity index (χ1) is 8.04. The van der Waals surface area contributed by atoms with Gasteiger partial charge in [0.1, 0.15) is 0 Å². The van der Waals surface area contributed by atoms with Crippen LogP contribution in [-0.4, -0.2) is 10.9 Å². The van der Waals surface area contributed by atoms with Crippen molar-refractivity contribution in [2.75, 3.05) is 5.32 Å². The largest absolute Gasteiger partial charge is 0.393 e. The summed E-state index contributed by atoms with van der Waals surface area (Å²) in [6.07, 6.45) is 1.33. The maximum Gasteiger partial charge on any atom is 0.227 e. The molecule has 0 aliphatic heterocycles. The maximum absolute atomic E-state index is 11.9. The summed E-state index contributed by atoms with van der Waals surface area (Å²) in [6.45, 7) is 3.88. The molecular formula is C13H18N2OS. The molecule has 0 bridgehead atoms. The van der Waals surface area contributed by atoms with Gasteiger partial charge in [-0.3, -0.25) is 4.79 Å². The lowest BCUT2D eigenvalue weighted by Gasteiger charge is -2.13. The minimum Gasteiger partial charge on any atom is -0.393 e. The molecule has 0 saturated carbocycles. The van der Waals surface area contributed by atoms with Crippen LogP contribution in [0.25, 0.3) is 0 Å². The van der Waals surface area contributed by atoms with E-state index >= 15 is 0 Å². The fraction of sp³-hybridized carbons (Fsp3) is 0.385. The molecule has 0 aliphatic rings.